The maximum atomic E-state index is 13.1. The molecule has 0 N–H and O–H groups in total. The molecular weight excluding hydrogens is 386 g/mol. The van der Waals surface area contributed by atoms with Crippen molar-refractivity contribution >= 4 is 44.2 Å². The Balaban J connectivity index is 1.70. The summed E-state index contributed by atoms with van der Waals surface area (Å²) < 4.78 is 11.8. The fraction of sp³-hybridized carbons (Fsp3) is 0.263. The normalized spacial score (nSPS) is 12.7. The number of benzene rings is 2. The van der Waals surface area contributed by atoms with Crippen molar-refractivity contribution in [2.24, 2.45) is 0 Å². The SMILES string of the molecule is CN(C)CCN(C(=O)c1ccc(Cl)cc1)c1nc2cc3c(cc2s1)OCO3. The first kappa shape index (κ1) is 18.0. The van der Waals surface area contributed by atoms with Crippen LogP contribution in [-0.2, 0) is 0 Å². The summed E-state index contributed by atoms with van der Waals surface area (Å²) in [6.07, 6.45) is 0. The van der Waals surface area contributed by atoms with Gasteiger partial charge in [-0.2, -0.15) is 0 Å². The molecule has 140 valence electrons. The quantitative estimate of drug-likeness (QED) is 0.647. The highest BCUT2D eigenvalue weighted by Gasteiger charge is 2.23. The number of amides is 1. The molecule has 6 nitrogen and oxygen atoms in total. The van der Waals surface area contributed by atoms with Crippen molar-refractivity contribution in [3.63, 3.8) is 0 Å². The Bertz CT molecular complexity index is 947. The minimum atomic E-state index is -0.104. The molecule has 1 aromatic heterocycles. The van der Waals surface area contributed by atoms with Gasteiger partial charge in [0.2, 0.25) is 6.79 Å². The third-order valence-corrected chi connectivity index (χ3v) is 5.50. The van der Waals surface area contributed by atoms with Gasteiger partial charge in [0.1, 0.15) is 0 Å². The van der Waals surface area contributed by atoms with Gasteiger partial charge in [0.25, 0.3) is 5.91 Å². The first-order chi connectivity index (χ1) is 13.0. The summed E-state index contributed by atoms with van der Waals surface area (Å²) >= 11 is 7.42. The van der Waals surface area contributed by atoms with E-state index in [9.17, 15) is 4.79 Å². The predicted molar refractivity (Wildman–Crippen MR) is 107 cm³/mol. The zero-order valence-corrected chi connectivity index (χ0v) is 16.5. The molecule has 1 aliphatic rings. The van der Waals surface area contributed by atoms with Crippen molar-refractivity contribution in [3.8, 4) is 11.5 Å². The van der Waals surface area contributed by atoms with Gasteiger partial charge in [-0.15, -0.1) is 0 Å². The number of carbonyl (C=O) groups is 1. The van der Waals surface area contributed by atoms with Crippen molar-refractivity contribution in [1.82, 2.24) is 9.88 Å². The summed E-state index contributed by atoms with van der Waals surface area (Å²) in [4.78, 5) is 21.5. The van der Waals surface area contributed by atoms with Crippen molar-refractivity contribution in [1.29, 1.82) is 0 Å². The monoisotopic (exact) mass is 403 g/mol. The average molecular weight is 404 g/mol. The molecule has 0 saturated heterocycles. The summed E-state index contributed by atoms with van der Waals surface area (Å²) in [7, 11) is 3.95. The zero-order chi connectivity index (χ0) is 19.0. The number of nitrogens with zero attached hydrogens (tertiary/aromatic N) is 3. The van der Waals surface area contributed by atoms with Crippen LogP contribution >= 0.6 is 22.9 Å². The molecule has 3 aromatic rings. The fourth-order valence-corrected chi connectivity index (χ4v) is 3.88. The minimum Gasteiger partial charge on any atom is -0.454 e. The van der Waals surface area contributed by atoms with E-state index in [0.29, 0.717) is 33.8 Å². The highest BCUT2D eigenvalue weighted by molar-refractivity contribution is 7.22. The molecule has 0 bridgehead atoms. The van der Waals surface area contributed by atoms with Gasteiger partial charge in [0.15, 0.2) is 16.6 Å². The van der Waals surface area contributed by atoms with E-state index in [0.717, 1.165) is 16.8 Å². The van der Waals surface area contributed by atoms with Gasteiger partial charge in [0.05, 0.1) is 10.2 Å². The lowest BCUT2D eigenvalue weighted by atomic mass is 10.2. The second kappa shape index (κ2) is 7.34. The smallest absolute Gasteiger partial charge is 0.260 e. The van der Waals surface area contributed by atoms with Gasteiger partial charge in [-0.1, -0.05) is 22.9 Å². The number of carbonyl (C=O) groups excluding carboxylic acids is 1. The number of aromatic nitrogens is 1. The van der Waals surface area contributed by atoms with Gasteiger partial charge >= 0.3 is 0 Å². The van der Waals surface area contributed by atoms with Gasteiger partial charge in [-0.3, -0.25) is 9.69 Å². The fourth-order valence-electron chi connectivity index (χ4n) is 2.75. The van der Waals surface area contributed by atoms with E-state index in [2.05, 4.69) is 4.98 Å². The summed E-state index contributed by atoms with van der Waals surface area (Å²) in [5.74, 6) is 1.29. The Hall–Kier alpha value is -2.35. The number of thiazole rings is 1. The van der Waals surface area contributed by atoms with Gasteiger partial charge in [0, 0.05) is 35.8 Å². The number of rotatable bonds is 5. The highest BCUT2D eigenvalue weighted by Crippen LogP contribution is 2.40. The largest absolute Gasteiger partial charge is 0.454 e. The molecule has 0 atom stereocenters. The van der Waals surface area contributed by atoms with Crippen molar-refractivity contribution in [3.05, 3.63) is 47.0 Å². The maximum Gasteiger partial charge on any atom is 0.260 e. The molecule has 0 saturated carbocycles. The van der Waals surface area contributed by atoms with E-state index in [1.807, 2.05) is 31.1 Å². The number of hydrogen-bond donors (Lipinski definition) is 0. The number of likely N-dealkylation sites (N-methyl/N-ethyl adjacent to an activating group) is 1. The van der Waals surface area contributed by atoms with E-state index in [4.69, 9.17) is 21.1 Å². The molecule has 1 amide bonds. The lowest BCUT2D eigenvalue weighted by Crippen LogP contribution is -2.36. The molecule has 4 rings (SSSR count). The second-order valence-electron chi connectivity index (χ2n) is 6.44. The lowest BCUT2D eigenvalue weighted by Gasteiger charge is -2.22. The number of fused-ring (bicyclic) bond motifs is 2. The molecule has 2 heterocycles. The van der Waals surface area contributed by atoms with Crippen LogP contribution in [0.4, 0.5) is 5.13 Å². The number of ether oxygens (including phenoxy) is 2. The van der Waals surface area contributed by atoms with Crippen LogP contribution < -0.4 is 14.4 Å². The molecule has 0 radical (unpaired) electrons. The highest BCUT2D eigenvalue weighted by atomic mass is 35.5. The Kier molecular flexibility index (Phi) is 4.90. The molecule has 1 aliphatic heterocycles. The summed E-state index contributed by atoms with van der Waals surface area (Å²) in [5.41, 5.74) is 1.37. The lowest BCUT2D eigenvalue weighted by molar-refractivity contribution is 0.0985. The van der Waals surface area contributed by atoms with E-state index >= 15 is 0 Å². The van der Waals surface area contributed by atoms with Crippen LogP contribution in [0.5, 0.6) is 11.5 Å². The van der Waals surface area contributed by atoms with Crippen LogP contribution in [-0.4, -0.2) is 49.8 Å². The first-order valence-corrected chi connectivity index (χ1v) is 9.63. The van der Waals surface area contributed by atoms with Crippen molar-refractivity contribution in [2.45, 2.75) is 0 Å². The molecule has 2 aromatic carbocycles. The Labute approximate surface area is 165 Å². The summed E-state index contributed by atoms with van der Waals surface area (Å²) in [5, 5.41) is 1.25. The predicted octanol–water partition coefficient (Wildman–Crippen LogP) is 3.89. The molecule has 8 heteroatoms. The van der Waals surface area contributed by atoms with E-state index in [1.165, 1.54) is 11.3 Å². The number of halogens is 1. The molecule has 27 heavy (non-hydrogen) atoms. The maximum absolute atomic E-state index is 13.1. The standard InChI is InChI=1S/C19H18ClN3O3S/c1-22(2)7-8-23(18(24)12-3-5-13(20)6-4-12)19-21-14-9-15-16(26-11-25-15)10-17(14)27-19/h3-6,9-10H,7-8,11H2,1-2H3. The van der Waals surface area contributed by atoms with Crippen molar-refractivity contribution in [2.75, 3.05) is 38.9 Å². The van der Waals surface area contributed by atoms with E-state index < -0.39 is 0 Å². The van der Waals surface area contributed by atoms with Crippen LogP contribution in [0.3, 0.4) is 0 Å². The Morgan fingerprint density at radius 1 is 1.15 bits per heavy atom. The van der Waals surface area contributed by atoms with Crippen molar-refractivity contribution < 1.29 is 14.3 Å². The van der Waals surface area contributed by atoms with Gasteiger partial charge in [-0.05, 0) is 38.4 Å². The summed E-state index contributed by atoms with van der Waals surface area (Å²) in [6, 6.07) is 10.7. The van der Waals surface area contributed by atoms with E-state index in [1.54, 1.807) is 29.2 Å². The molecule has 0 fully saturated rings. The van der Waals surface area contributed by atoms with Crippen LogP contribution in [0.1, 0.15) is 10.4 Å². The third kappa shape index (κ3) is 3.71. The molecule has 0 aliphatic carbocycles. The average Bonchev–Trinajstić information content (AvgIpc) is 3.25. The van der Waals surface area contributed by atoms with Crippen LogP contribution in [0, 0.1) is 0 Å². The first-order valence-electron chi connectivity index (χ1n) is 8.43. The molecule has 0 unspecified atom stereocenters. The number of hydrogen-bond acceptors (Lipinski definition) is 6. The van der Waals surface area contributed by atoms with E-state index in [-0.39, 0.29) is 12.7 Å². The van der Waals surface area contributed by atoms with Crippen LogP contribution in [0.25, 0.3) is 10.2 Å². The number of anilines is 1. The van der Waals surface area contributed by atoms with Crippen LogP contribution in [0.2, 0.25) is 5.02 Å². The third-order valence-electron chi connectivity index (χ3n) is 4.21. The Morgan fingerprint density at radius 2 is 1.85 bits per heavy atom. The summed E-state index contributed by atoms with van der Waals surface area (Å²) in [6.45, 7) is 1.47. The Morgan fingerprint density at radius 3 is 2.56 bits per heavy atom. The van der Waals surface area contributed by atoms with Crippen LogP contribution in [0.15, 0.2) is 36.4 Å². The van der Waals surface area contributed by atoms with Gasteiger partial charge in [-0.25, -0.2) is 4.98 Å². The zero-order valence-electron chi connectivity index (χ0n) is 14.9. The topological polar surface area (TPSA) is 54.9 Å². The molecular formula is C19H18ClN3O3S. The van der Waals surface area contributed by atoms with Gasteiger partial charge < -0.3 is 14.4 Å². The minimum absolute atomic E-state index is 0.104. The molecule has 0 spiro atoms. The second-order valence-corrected chi connectivity index (χ2v) is 7.88.